The van der Waals surface area contributed by atoms with Gasteiger partial charge in [0.25, 0.3) is 0 Å². The van der Waals surface area contributed by atoms with Gasteiger partial charge in [-0.25, -0.2) is 8.42 Å². The van der Waals surface area contributed by atoms with Gasteiger partial charge < -0.3 is 9.47 Å². The molecule has 0 fully saturated rings. The molecule has 0 radical (unpaired) electrons. The van der Waals surface area contributed by atoms with Crippen LogP contribution in [-0.4, -0.2) is 45.1 Å². The number of rotatable bonds is 8. The third-order valence-electron chi connectivity index (χ3n) is 2.30. The summed E-state index contributed by atoms with van der Waals surface area (Å²) in [5, 5.41) is 0. The van der Waals surface area contributed by atoms with Crippen molar-refractivity contribution in [3.05, 3.63) is 0 Å². The van der Waals surface area contributed by atoms with E-state index in [9.17, 15) is 18.0 Å². The second kappa shape index (κ2) is 8.07. The van der Waals surface area contributed by atoms with Crippen LogP contribution >= 0.6 is 0 Å². The second-order valence-corrected chi connectivity index (χ2v) is 6.05. The number of hydrogen-bond acceptors (Lipinski definition) is 6. The Morgan fingerprint density at radius 1 is 1.00 bits per heavy atom. The zero-order chi connectivity index (χ0) is 14.2. The number of carbonyl (C=O) groups is 2. The molecule has 0 amide bonds. The van der Waals surface area contributed by atoms with E-state index < -0.39 is 27.7 Å². The predicted octanol–water partition coefficient (Wildman–Crippen LogP) is 0.554. The van der Waals surface area contributed by atoms with Gasteiger partial charge >= 0.3 is 11.9 Å². The highest BCUT2D eigenvalue weighted by Crippen LogP contribution is 2.11. The van der Waals surface area contributed by atoms with Gasteiger partial charge in [-0.3, -0.25) is 9.59 Å². The maximum atomic E-state index is 11.5. The zero-order valence-electron chi connectivity index (χ0n) is 11.0. The first-order valence-corrected chi connectivity index (χ1v) is 7.73. The van der Waals surface area contributed by atoms with Crippen molar-refractivity contribution in [1.82, 2.24) is 0 Å². The Bertz CT molecular complexity index is 355. The zero-order valence-corrected chi connectivity index (χ0v) is 11.8. The highest BCUT2D eigenvalue weighted by molar-refractivity contribution is 7.91. The van der Waals surface area contributed by atoms with E-state index in [1.165, 1.54) is 6.92 Å². The quantitative estimate of drug-likeness (QED) is 0.477. The largest absolute Gasteiger partial charge is 0.465 e. The maximum Gasteiger partial charge on any atom is 0.320 e. The van der Waals surface area contributed by atoms with Crippen LogP contribution in [0.2, 0.25) is 0 Å². The lowest BCUT2D eigenvalue weighted by Gasteiger charge is -2.13. The fraction of sp³-hybridized carbons (Fsp3) is 0.818. The summed E-state index contributed by atoms with van der Waals surface area (Å²) in [6.45, 7) is 5.01. The summed E-state index contributed by atoms with van der Waals surface area (Å²) in [4.78, 5) is 23.1. The minimum absolute atomic E-state index is 0.0224. The van der Waals surface area contributed by atoms with Crippen molar-refractivity contribution in [2.75, 3.05) is 24.7 Å². The summed E-state index contributed by atoms with van der Waals surface area (Å²) in [6, 6.07) is 0. The van der Waals surface area contributed by atoms with Crippen LogP contribution in [-0.2, 0) is 28.9 Å². The Morgan fingerprint density at radius 2 is 1.44 bits per heavy atom. The molecule has 0 bridgehead atoms. The van der Waals surface area contributed by atoms with Crippen molar-refractivity contribution in [3.8, 4) is 0 Å². The van der Waals surface area contributed by atoms with Gasteiger partial charge in [0, 0.05) is 5.75 Å². The standard InChI is InChI=1S/C11H20O6S/c1-4-16-10(12)9(11(13)17-5-2)7-8-18(14,15)6-3/h9H,4-8H2,1-3H3. The van der Waals surface area contributed by atoms with E-state index in [1.54, 1.807) is 13.8 Å². The van der Waals surface area contributed by atoms with Crippen LogP contribution in [0.3, 0.4) is 0 Å². The van der Waals surface area contributed by atoms with E-state index in [4.69, 9.17) is 9.47 Å². The Morgan fingerprint density at radius 3 is 1.78 bits per heavy atom. The van der Waals surface area contributed by atoms with Crippen molar-refractivity contribution in [2.45, 2.75) is 27.2 Å². The minimum atomic E-state index is -3.23. The molecule has 0 unspecified atom stereocenters. The van der Waals surface area contributed by atoms with Crippen LogP contribution in [0.5, 0.6) is 0 Å². The molecule has 7 heteroatoms. The lowest BCUT2D eigenvalue weighted by Crippen LogP contribution is -2.30. The molecule has 0 aromatic carbocycles. The lowest BCUT2D eigenvalue weighted by atomic mass is 10.1. The first-order valence-electron chi connectivity index (χ1n) is 5.91. The van der Waals surface area contributed by atoms with Gasteiger partial charge in [-0.05, 0) is 20.3 Å². The van der Waals surface area contributed by atoms with Gasteiger partial charge in [0.1, 0.15) is 9.84 Å². The molecule has 18 heavy (non-hydrogen) atoms. The molecule has 106 valence electrons. The predicted molar refractivity (Wildman–Crippen MR) is 65.7 cm³/mol. The summed E-state index contributed by atoms with van der Waals surface area (Å²) in [6.07, 6.45) is -0.103. The maximum absolute atomic E-state index is 11.5. The van der Waals surface area contributed by atoms with Gasteiger partial charge in [0.2, 0.25) is 0 Å². The lowest BCUT2D eigenvalue weighted by molar-refractivity contribution is -0.161. The molecule has 0 aromatic rings. The average molecular weight is 280 g/mol. The van der Waals surface area contributed by atoms with E-state index in [0.29, 0.717) is 0 Å². The molecule has 0 aromatic heterocycles. The summed E-state index contributed by atoms with van der Waals surface area (Å²) in [5.74, 6) is -2.88. The van der Waals surface area contributed by atoms with Crippen LogP contribution < -0.4 is 0 Å². The van der Waals surface area contributed by atoms with Gasteiger partial charge in [-0.15, -0.1) is 0 Å². The fourth-order valence-corrected chi connectivity index (χ4v) is 2.14. The number of esters is 2. The van der Waals surface area contributed by atoms with Crippen molar-refractivity contribution in [2.24, 2.45) is 5.92 Å². The second-order valence-electron chi connectivity index (χ2n) is 3.58. The number of carbonyl (C=O) groups excluding carboxylic acids is 2. The number of ether oxygens (including phenoxy) is 2. The third-order valence-corrected chi connectivity index (χ3v) is 4.04. The fourth-order valence-electron chi connectivity index (χ4n) is 1.26. The van der Waals surface area contributed by atoms with Crippen molar-refractivity contribution in [1.29, 1.82) is 0 Å². The van der Waals surface area contributed by atoms with Crippen molar-refractivity contribution >= 4 is 21.8 Å². The highest BCUT2D eigenvalue weighted by atomic mass is 32.2. The third kappa shape index (κ3) is 6.00. The molecule has 0 saturated carbocycles. The normalized spacial score (nSPS) is 11.3. The molecule has 0 heterocycles. The first-order chi connectivity index (χ1) is 8.37. The summed E-state index contributed by atoms with van der Waals surface area (Å²) in [5.41, 5.74) is 0. The van der Waals surface area contributed by atoms with Crippen LogP contribution in [0.25, 0.3) is 0 Å². The smallest absolute Gasteiger partial charge is 0.320 e. The Hall–Kier alpha value is -1.11. The van der Waals surface area contributed by atoms with Gasteiger partial charge in [0.15, 0.2) is 5.92 Å². The number of hydrogen-bond donors (Lipinski definition) is 0. The van der Waals surface area contributed by atoms with Crippen LogP contribution in [0.15, 0.2) is 0 Å². The molecule has 0 aliphatic rings. The van der Waals surface area contributed by atoms with E-state index in [0.717, 1.165) is 0 Å². The van der Waals surface area contributed by atoms with Gasteiger partial charge in [-0.2, -0.15) is 0 Å². The molecular formula is C11H20O6S. The van der Waals surface area contributed by atoms with Gasteiger partial charge in [0.05, 0.1) is 19.0 Å². The van der Waals surface area contributed by atoms with Crippen molar-refractivity contribution < 1.29 is 27.5 Å². The van der Waals surface area contributed by atoms with E-state index in [-0.39, 0.29) is 31.1 Å². The topological polar surface area (TPSA) is 86.7 Å². The minimum Gasteiger partial charge on any atom is -0.465 e. The van der Waals surface area contributed by atoms with Crippen LogP contribution in [0, 0.1) is 5.92 Å². The van der Waals surface area contributed by atoms with E-state index >= 15 is 0 Å². The molecular weight excluding hydrogens is 260 g/mol. The molecule has 0 atom stereocenters. The summed E-state index contributed by atoms with van der Waals surface area (Å²) < 4.78 is 32.2. The molecule has 0 saturated heterocycles. The van der Waals surface area contributed by atoms with Crippen LogP contribution in [0.4, 0.5) is 0 Å². The Labute approximate surface area is 108 Å². The molecule has 0 aliphatic carbocycles. The van der Waals surface area contributed by atoms with E-state index in [2.05, 4.69) is 0 Å². The number of sulfone groups is 1. The summed E-state index contributed by atoms with van der Waals surface area (Å²) in [7, 11) is -3.23. The summed E-state index contributed by atoms with van der Waals surface area (Å²) >= 11 is 0. The van der Waals surface area contributed by atoms with E-state index in [1.807, 2.05) is 0 Å². The van der Waals surface area contributed by atoms with Crippen LogP contribution in [0.1, 0.15) is 27.2 Å². The Balaban J connectivity index is 4.67. The molecule has 0 aliphatic heterocycles. The Kier molecular flexibility index (Phi) is 7.58. The first kappa shape index (κ1) is 16.9. The molecule has 6 nitrogen and oxygen atoms in total. The monoisotopic (exact) mass is 280 g/mol. The average Bonchev–Trinajstić information content (AvgIpc) is 2.30. The highest BCUT2D eigenvalue weighted by Gasteiger charge is 2.30. The van der Waals surface area contributed by atoms with Crippen molar-refractivity contribution in [3.63, 3.8) is 0 Å². The molecule has 0 rings (SSSR count). The van der Waals surface area contributed by atoms with Gasteiger partial charge in [-0.1, -0.05) is 6.92 Å². The molecule has 0 N–H and O–H groups in total. The SMILES string of the molecule is CCOC(=O)C(CCS(=O)(=O)CC)C(=O)OCC. The molecule has 0 spiro atoms.